The van der Waals surface area contributed by atoms with E-state index in [0.717, 1.165) is 31.2 Å². The highest BCUT2D eigenvalue weighted by molar-refractivity contribution is 5.09. The van der Waals surface area contributed by atoms with E-state index in [1.807, 2.05) is 6.07 Å². The van der Waals surface area contributed by atoms with Crippen LogP contribution in [0.25, 0.3) is 0 Å². The first-order chi connectivity index (χ1) is 7.27. The molecule has 0 saturated heterocycles. The molecule has 3 heteroatoms. The van der Waals surface area contributed by atoms with E-state index in [1.165, 1.54) is 0 Å². The molecule has 1 N–H and O–H groups in total. The molecule has 1 fully saturated rings. The normalized spacial score (nSPS) is 21.7. The van der Waals surface area contributed by atoms with Crippen molar-refractivity contribution < 1.29 is 14.3 Å². The molecular weight excluding hydrogens is 192 g/mol. The molecule has 1 saturated carbocycles. The zero-order chi connectivity index (χ0) is 10.7. The van der Waals surface area contributed by atoms with E-state index < -0.39 is 6.10 Å². The molecule has 15 heavy (non-hydrogen) atoms. The molecule has 1 heterocycles. The van der Waals surface area contributed by atoms with Crippen LogP contribution in [0.5, 0.6) is 0 Å². The summed E-state index contributed by atoms with van der Waals surface area (Å²) in [5.41, 5.74) is 0.711. The second-order valence-corrected chi connectivity index (χ2v) is 4.33. The van der Waals surface area contributed by atoms with E-state index in [1.54, 1.807) is 19.6 Å². The van der Waals surface area contributed by atoms with Crippen molar-refractivity contribution in [2.24, 2.45) is 0 Å². The van der Waals surface area contributed by atoms with Crippen molar-refractivity contribution in [3.63, 3.8) is 0 Å². The zero-order valence-corrected chi connectivity index (χ0v) is 9.11. The third-order valence-corrected chi connectivity index (χ3v) is 3.47. The highest BCUT2D eigenvalue weighted by atomic mass is 16.5. The smallest absolute Gasteiger partial charge is 0.0939 e. The Labute approximate surface area is 90.0 Å². The van der Waals surface area contributed by atoms with E-state index in [0.29, 0.717) is 6.42 Å². The lowest BCUT2D eigenvalue weighted by molar-refractivity contribution is -0.0971. The molecule has 1 aromatic heterocycles. The molecular formula is C12H18O3. The van der Waals surface area contributed by atoms with Gasteiger partial charge in [0.2, 0.25) is 0 Å². The fourth-order valence-corrected chi connectivity index (χ4v) is 2.46. The van der Waals surface area contributed by atoms with Gasteiger partial charge in [0.05, 0.1) is 24.2 Å². The maximum atomic E-state index is 10.2. The first kappa shape index (κ1) is 10.7. The minimum Gasteiger partial charge on any atom is -0.472 e. The predicted molar refractivity (Wildman–Crippen MR) is 56.6 cm³/mol. The number of hydrogen-bond donors (Lipinski definition) is 1. The summed E-state index contributed by atoms with van der Waals surface area (Å²) in [5, 5.41) is 10.2. The van der Waals surface area contributed by atoms with Gasteiger partial charge in [0.25, 0.3) is 0 Å². The number of furan rings is 1. The van der Waals surface area contributed by atoms with Crippen LogP contribution in [0, 0.1) is 0 Å². The molecule has 1 aliphatic carbocycles. The monoisotopic (exact) mass is 210 g/mol. The fraction of sp³-hybridized carbons (Fsp3) is 0.667. The molecule has 0 aromatic carbocycles. The molecule has 0 bridgehead atoms. The molecule has 0 amide bonds. The van der Waals surface area contributed by atoms with Crippen LogP contribution in [-0.4, -0.2) is 23.9 Å². The summed E-state index contributed by atoms with van der Waals surface area (Å²) in [5.74, 6) is 0. The van der Waals surface area contributed by atoms with Gasteiger partial charge in [-0.05, 0) is 24.5 Å². The Bertz CT molecular complexity index is 286. The van der Waals surface area contributed by atoms with Gasteiger partial charge in [-0.25, -0.2) is 0 Å². The Morgan fingerprint density at radius 1 is 1.53 bits per heavy atom. The first-order valence-corrected chi connectivity index (χ1v) is 5.51. The third kappa shape index (κ3) is 2.08. The molecule has 0 aliphatic heterocycles. The number of hydrogen-bond acceptors (Lipinski definition) is 3. The van der Waals surface area contributed by atoms with Gasteiger partial charge >= 0.3 is 0 Å². The van der Waals surface area contributed by atoms with Crippen molar-refractivity contribution in [1.82, 2.24) is 0 Å². The number of aliphatic hydroxyl groups is 1. The van der Waals surface area contributed by atoms with Gasteiger partial charge in [0.1, 0.15) is 0 Å². The average molecular weight is 210 g/mol. The summed E-state index contributed by atoms with van der Waals surface area (Å²) in [4.78, 5) is 0. The van der Waals surface area contributed by atoms with Gasteiger partial charge in [0, 0.05) is 13.5 Å². The molecule has 2 rings (SSSR count). The Morgan fingerprint density at radius 2 is 2.27 bits per heavy atom. The van der Waals surface area contributed by atoms with Gasteiger partial charge in [-0.15, -0.1) is 0 Å². The van der Waals surface area contributed by atoms with Crippen LogP contribution in [0.15, 0.2) is 23.0 Å². The average Bonchev–Trinajstić information content (AvgIpc) is 2.87. The molecule has 84 valence electrons. The van der Waals surface area contributed by atoms with Crippen LogP contribution in [0.3, 0.4) is 0 Å². The second kappa shape index (κ2) is 4.37. The fourth-order valence-electron chi connectivity index (χ4n) is 2.46. The van der Waals surface area contributed by atoms with Crippen molar-refractivity contribution >= 4 is 0 Å². The standard InChI is InChI=1S/C12H18O3/c1-14-12(5-2-3-6-12)11(13)8-10-4-7-15-9-10/h4,7,9,11,13H,2-3,5-6,8H2,1H3. The van der Waals surface area contributed by atoms with E-state index in [-0.39, 0.29) is 5.60 Å². The summed E-state index contributed by atoms with van der Waals surface area (Å²) in [6.45, 7) is 0. The Hall–Kier alpha value is -0.800. The molecule has 1 atom stereocenters. The van der Waals surface area contributed by atoms with E-state index in [2.05, 4.69) is 0 Å². The SMILES string of the molecule is COC1(C(O)Cc2ccoc2)CCCC1. The summed E-state index contributed by atoms with van der Waals surface area (Å²) in [7, 11) is 1.70. The molecule has 1 aliphatic rings. The highest BCUT2D eigenvalue weighted by Crippen LogP contribution is 2.36. The quantitative estimate of drug-likeness (QED) is 0.828. The van der Waals surface area contributed by atoms with Gasteiger partial charge in [-0.1, -0.05) is 12.8 Å². The second-order valence-electron chi connectivity index (χ2n) is 4.33. The van der Waals surface area contributed by atoms with E-state index in [4.69, 9.17) is 9.15 Å². The molecule has 0 radical (unpaired) electrons. The number of aliphatic hydroxyl groups excluding tert-OH is 1. The van der Waals surface area contributed by atoms with E-state index in [9.17, 15) is 5.11 Å². The van der Waals surface area contributed by atoms with Crippen LogP contribution >= 0.6 is 0 Å². The number of rotatable bonds is 4. The molecule has 0 spiro atoms. The first-order valence-electron chi connectivity index (χ1n) is 5.51. The lowest BCUT2D eigenvalue weighted by Crippen LogP contribution is -2.42. The van der Waals surface area contributed by atoms with Crippen LogP contribution in [-0.2, 0) is 11.2 Å². The van der Waals surface area contributed by atoms with E-state index >= 15 is 0 Å². The zero-order valence-electron chi connectivity index (χ0n) is 9.11. The predicted octanol–water partition coefficient (Wildman–Crippen LogP) is 2.14. The molecule has 1 unspecified atom stereocenters. The minimum atomic E-state index is -0.428. The lowest BCUT2D eigenvalue weighted by Gasteiger charge is -2.32. The van der Waals surface area contributed by atoms with Gasteiger partial charge in [-0.3, -0.25) is 0 Å². The number of methoxy groups -OCH3 is 1. The minimum absolute atomic E-state index is 0.322. The van der Waals surface area contributed by atoms with Gasteiger partial charge in [0.15, 0.2) is 0 Å². The van der Waals surface area contributed by atoms with Crippen LogP contribution in [0.2, 0.25) is 0 Å². The summed E-state index contributed by atoms with van der Waals surface area (Å²) >= 11 is 0. The third-order valence-electron chi connectivity index (χ3n) is 3.47. The van der Waals surface area contributed by atoms with Crippen LogP contribution in [0.1, 0.15) is 31.2 Å². The Morgan fingerprint density at radius 3 is 2.80 bits per heavy atom. The maximum absolute atomic E-state index is 10.2. The van der Waals surface area contributed by atoms with Crippen LogP contribution < -0.4 is 0 Å². The lowest BCUT2D eigenvalue weighted by atomic mass is 9.90. The van der Waals surface area contributed by atoms with Crippen molar-refractivity contribution in [2.75, 3.05) is 7.11 Å². The van der Waals surface area contributed by atoms with Crippen molar-refractivity contribution in [1.29, 1.82) is 0 Å². The summed E-state index contributed by atoms with van der Waals surface area (Å²) < 4.78 is 10.5. The van der Waals surface area contributed by atoms with Gasteiger partial charge in [-0.2, -0.15) is 0 Å². The molecule has 3 nitrogen and oxygen atoms in total. The Kier molecular flexibility index (Phi) is 3.12. The van der Waals surface area contributed by atoms with Crippen LogP contribution in [0.4, 0.5) is 0 Å². The largest absolute Gasteiger partial charge is 0.472 e. The summed E-state index contributed by atoms with van der Waals surface area (Å²) in [6.07, 6.45) is 7.72. The molecule has 1 aromatic rings. The van der Waals surface area contributed by atoms with Crippen molar-refractivity contribution in [3.05, 3.63) is 24.2 Å². The van der Waals surface area contributed by atoms with Gasteiger partial charge < -0.3 is 14.3 Å². The topological polar surface area (TPSA) is 42.6 Å². The van der Waals surface area contributed by atoms with Crippen molar-refractivity contribution in [2.45, 2.75) is 43.8 Å². The Balaban J connectivity index is 2.02. The maximum Gasteiger partial charge on any atom is 0.0939 e. The number of ether oxygens (including phenoxy) is 1. The van der Waals surface area contributed by atoms with Crippen molar-refractivity contribution in [3.8, 4) is 0 Å². The summed E-state index contributed by atoms with van der Waals surface area (Å²) in [6, 6.07) is 1.89. The highest BCUT2D eigenvalue weighted by Gasteiger charge is 2.40.